The molecule has 0 spiro atoms. The third-order valence-corrected chi connectivity index (χ3v) is 5.50. The van der Waals surface area contributed by atoms with Gasteiger partial charge in [-0.2, -0.15) is 0 Å². The number of rotatable bonds is 18. The van der Waals surface area contributed by atoms with Crippen molar-refractivity contribution in [2.45, 2.75) is 117 Å². The van der Waals surface area contributed by atoms with Crippen molar-refractivity contribution in [1.82, 2.24) is 4.98 Å². The van der Waals surface area contributed by atoms with E-state index < -0.39 is 0 Å². The van der Waals surface area contributed by atoms with Crippen LogP contribution in [0.15, 0.2) is 24.5 Å². The summed E-state index contributed by atoms with van der Waals surface area (Å²) in [6.07, 6.45) is 23.3. The third-order valence-electron chi connectivity index (χ3n) is 5.50. The molecular formula is C25H44N2O. The fourth-order valence-corrected chi connectivity index (χ4v) is 3.69. The molecule has 0 radical (unpaired) electrons. The second kappa shape index (κ2) is 17.7. The second-order valence-electron chi connectivity index (χ2n) is 8.10. The van der Waals surface area contributed by atoms with Gasteiger partial charge in [-0.05, 0) is 25.0 Å². The Balaban J connectivity index is 2.30. The van der Waals surface area contributed by atoms with E-state index in [1.807, 2.05) is 17.0 Å². The van der Waals surface area contributed by atoms with Crippen LogP contribution in [-0.4, -0.2) is 17.4 Å². The van der Waals surface area contributed by atoms with Crippen LogP contribution in [0.1, 0.15) is 117 Å². The minimum atomic E-state index is 0.280. The third kappa shape index (κ3) is 12.2. The minimum Gasteiger partial charge on any atom is -0.312 e. The summed E-state index contributed by atoms with van der Waals surface area (Å²) in [7, 11) is 0. The van der Waals surface area contributed by atoms with E-state index in [0.717, 1.165) is 25.1 Å². The Morgan fingerprint density at radius 1 is 0.714 bits per heavy atom. The van der Waals surface area contributed by atoms with Crippen molar-refractivity contribution >= 4 is 11.6 Å². The van der Waals surface area contributed by atoms with Crippen LogP contribution in [0.3, 0.4) is 0 Å². The van der Waals surface area contributed by atoms with Crippen LogP contribution in [-0.2, 0) is 4.79 Å². The molecule has 0 aliphatic heterocycles. The molecule has 0 bridgehead atoms. The summed E-state index contributed by atoms with van der Waals surface area (Å²) in [6.45, 7) is 5.35. The van der Waals surface area contributed by atoms with E-state index in [2.05, 4.69) is 18.8 Å². The first kappa shape index (κ1) is 24.7. The maximum Gasteiger partial charge on any atom is 0.226 e. The molecule has 3 heteroatoms. The number of pyridine rings is 1. The fraction of sp³-hybridized carbons (Fsp3) is 0.760. The van der Waals surface area contributed by atoms with Crippen molar-refractivity contribution in [2.75, 3.05) is 11.4 Å². The molecule has 0 saturated carbocycles. The van der Waals surface area contributed by atoms with Gasteiger partial charge in [0.1, 0.15) is 0 Å². The Labute approximate surface area is 174 Å². The first-order valence-electron chi connectivity index (χ1n) is 12.0. The molecule has 1 heterocycles. The Hall–Kier alpha value is -1.38. The highest BCUT2D eigenvalue weighted by molar-refractivity contribution is 5.93. The van der Waals surface area contributed by atoms with Crippen LogP contribution in [0.2, 0.25) is 0 Å². The van der Waals surface area contributed by atoms with Gasteiger partial charge in [0.15, 0.2) is 0 Å². The lowest BCUT2D eigenvalue weighted by atomic mass is 10.1. The maximum absolute atomic E-state index is 12.8. The van der Waals surface area contributed by atoms with Crippen molar-refractivity contribution in [3.8, 4) is 0 Å². The van der Waals surface area contributed by atoms with Crippen LogP contribution in [0, 0.1) is 0 Å². The van der Waals surface area contributed by atoms with Crippen LogP contribution in [0.5, 0.6) is 0 Å². The molecule has 0 N–H and O–H groups in total. The summed E-state index contributed by atoms with van der Waals surface area (Å²) in [5, 5.41) is 0. The number of carbonyl (C=O) groups excluding carboxylic acids is 1. The Bertz CT molecular complexity index is 475. The smallest absolute Gasteiger partial charge is 0.226 e. The average Bonchev–Trinajstić information content (AvgIpc) is 2.72. The summed E-state index contributed by atoms with van der Waals surface area (Å²) in [5.74, 6) is 0.280. The lowest BCUT2D eigenvalue weighted by Gasteiger charge is -2.23. The largest absolute Gasteiger partial charge is 0.312 e. The van der Waals surface area contributed by atoms with Gasteiger partial charge in [0.2, 0.25) is 5.91 Å². The molecule has 3 nitrogen and oxygen atoms in total. The Kier molecular flexibility index (Phi) is 15.6. The van der Waals surface area contributed by atoms with Gasteiger partial charge in [-0.15, -0.1) is 0 Å². The summed E-state index contributed by atoms with van der Waals surface area (Å²) in [6, 6.07) is 3.93. The van der Waals surface area contributed by atoms with Crippen LogP contribution >= 0.6 is 0 Å². The average molecular weight is 389 g/mol. The van der Waals surface area contributed by atoms with Crippen molar-refractivity contribution < 1.29 is 4.79 Å². The number of carbonyl (C=O) groups is 1. The van der Waals surface area contributed by atoms with Gasteiger partial charge in [-0.3, -0.25) is 9.78 Å². The SMILES string of the molecule is CCCCCCCCCCN(C(=O)CCCCCCCCC)c1ccncc1. The van der Waals surface area contributed by atoms with Crippen LogP contribution < -0.4 is 4.90 Å². The lowest BCUT2D eigenvalue weighted by molar-refractivity contribution is -0.118. The molecule has 0 aliphatic carbocycles. The second-order valence-corrected chi connectivity index (χ2v) is 8.10. The molecule has 0 unspecified atom stereocenters. The molecule has 1 aromatic rings. The number of aromatic nitrogens is 1. The molecule has 0 aromatic carbocycles. The minimum absolute atomic E-state index is 0.280. The van der Waals surface area contributed by atoms with Crippen molar-refractivity contribution in [2.24, 2.45) is 0 Å². The van der Waals surface area contributed by atoms with E-state index in [9.17, 15) is 4.79 Å². The van der Waals surface area contributed by atoms with E-state index in [0.29, 0.717) is 6.42 Å². The van der Waals surface area contributed by atoms with Crippen LogP contribution in [0.25, 0.3) is 0 Å². The predicted octanol–water partition coefficient (Wildman–Crippen LogP) is 7.70. The van der Waals surface area contributed by atoms with Gasteiger partial charge in [0, 0.05) is 31.0 Å². The standard InChI is InChI=1S/C25H44N2O/c1-3-5-7-9-11-13-15-17-23-27(24-19-21-26-22-20-24)25(28)18-16-14-12-10-8-6-4-2/h19-22H,3-18,23H2,1-2H3. The van der Waals surface area contributed by atoms with Gasteiger partial charge in [-0.25, -0.2) is 0 Å². The molecule has 1 amide bonds. The van der Waals surface area contributed by atoms with Crippen molar-refractivity contribution in [1.29, 1.82) is 0 Å². The molecule has 0 saturated heterocycles. The summed E-state index contributed by atoms with van der Waals surface area (Å²) < 4.78 is 0. The summed E-state index contributed by atoms with van der Waals surface area (Å²) in [4.78, 5) is 18.9. The highest BCUT2D eigenvalue weighted by Gasteiger charge is 2.14. The predicted molar refractivity (Wildman–Crippen MR) is 122 cm³/mol. The Morgan fingerprint density at radius 3 is 1.71 bits per heavy atom. The first-order chi connectivity index (χ1) is 13.8. The van der Waals surface area contributed by atoms with E-state index in [-0.39, 0.29) is 5.91 Å². The number of anilines is 1. The molecule has 1 aromatic heterocycles. The number of hydrogen-bond donors (Lipinski definition) is 0. The molecule has 0 aliphatic rings. The molecule has 0 fully saturated rings. The lowest BCUT2D eigenvalue weighted by Crippen LogP contribution is -2.31. The molecule has 1 rings (SSSR count). The van der Waals surface area contributed by atoms with Gasteiger partial charge >= 0.3 is 0 Å². The number of unbranched alkanes of at least 4 members (excludes halogenated alkanes) is 13. The zero-order valence-corrected chi connectivity index (χ0v) is 18.6. The van der Waals surface area contributed by atoms with Gasteiger partial charge in [-0.1, -0.05) is 97.3 Å². The van der Waals surface area contributed by atoms with Crippen molar-refractivity contribution in [3.63, 3.8) is 0 Å². The molecule has 160 valence electrons. The highest BCUT2D eigenvalue weighted by Crippen LogP contribution is 2.18. The quantitative estimate of drug-likeness (QED) is 0.241. The Morgan fingerprint density at radius 2 is 1.18 bits per heavy atom. The topological polar surface area (TPSA) is 33.2 Å². The summed E-state index contributed by atoms with van der Waals surface area (Å²) in [5.41, 5.74) is 1.01. The number of amides is 1. The molecule has 28 heavy (non-hydrogen) atoms. The zero-order chi connectivity index (χ0) is 20.3. The van der Waals surface area contributed by atoms with E-state index in [1.165, 1.54) is 83.5 Å². The first-order valence-corrected chi connectivity index (χ1v) is 12.0. The maximum atomic E-state index is 12.8. The fourth-order valence-electron chi connectivity index (χ4n) is 3.69. The monoisotopic (exact) mass is 388 g/mol. The zero-order valence-electron chi connectivity index (χ0n) is 18.6. The number of hydrogen-bond acceptors (Lipinski definition) is 2. The summed E-state index contributed by atoms with van der Waals surface area (Å²) >= 11 is 0. The molecular weight excluding hydrogens is 344 g/mol. The van der Waals surface area contributed by atoms with Crippen molar-refractivity contribution in [3.05, 3.63) is 24.5 Å². The van der Waals surface area contributed by atoms with Gasteiger partial charge in [0.05, 0.1) is 0 Å². The van der Waals surface area contributed by atoms with Gasteiger partial charge in [0.25, 0.3) is 0 Å². The molecule has 0 atom stereocenters. The normalized spacial score (nSPS) is 10.9. The number of nitrogens with zero attached hydrogens (tertiary/aromatic N) is 2. The van der Waals surface area contributed by atoms with E-state index in [4.69, 9.17) is 0 Å². The van der Waals surface area contributed by atoms with Crippen LogP contribution in [0.4, 0.5) is 5.69 Å². The van der Waals surface area contributed by atoms with E-state index >= 15 is 0 Å². The van der Waals surface area contributed by atoms with E-state index in [1.54, 1.807) is 12.4 Å². The highest BCUT2D eigenvalue weighted by atomic mass is 16.2. The van der Waals surface area contributed by atoms with Gasteiger partial charge < -0.3 is 4.90 Å².